The maximum atomic E-state index is 6.53. The summed E-state index contributed by atoms with van der Waals surface area (Å²) in [6.45, 7) is 3.98. The van der Waals surface area contributed by atoms with Gasteiger partial charge in [0, 0.05) is 0 Å². The molecule has 33 heavy (non-hydrogen) atoms. The zero-order valence-electron chi connectivity index (χ0n) is 17.7. The molecule has 168 valence electrons. The molecule has 4 aromatic carbocycles. The maximum absolute atomic E-state index is 6.53. The van der Waals surface area contributed by atoms with E-state index in [0.717, 1.165) is 44.8 Å². The van der Waals surface area contributed by atoms with Gasteiger partial charge in [-0.3, -0.25) is 0 Å². The van der Waals surface area contributed by atoms with Gasteiger partial charge in [0.2, 0.25) is 0 Å². The standard InChI is InChI=1S/2C13H9Cl2N.Fe/c2*1-8-6-9(14)7-11(15)13(8)10-4-2-3-5-12(10)16;/h2*2-7H,1H3;. The summed E-state index contributed by atoms with van der Waals surface area (Å²) in [7, 11) is 0. The molecule has 7 heteroatoms. The molecule has 0 N–H and O–H groups in total. The number of rotatable bonds is 4. The molecule has 4 rings (SSSR count). The third-order valence-corrected chi connectivity index (χ3v) is 6.88. The Morgan fingerprint density at radius 2 is 0.970 bits per heavy atom. The molecule has 0 saturated carbocycles. The monoisotopic (exact) mass is 554 g/mol. The van der Waals surface area contributed by atoms with Crippen LogP contribution < -0.4 is 0 Å². The van der Waals surface area contributed by atoms with E-state index in [1.165, 1.54) is 0 Å². The van der Waals surface area contributed by atoms with Crippen LogP contribution in [0.3, 0.4) is 0 Å². The summed E-state index contributed by atoms with van der Waals surface area (Å²) in [6, 6.07) is 23.1. The van der Waals surface area contributed by atoms with Crippen molar-refractivity contribution >= 4 is 57.8 Å². The summed E-state index contributed by atoms with van der Waals surface area (Å²) < 4.78 is 9.53. The fourth-order valence-electron chi connectivity index (χ4n) is 3.69. The van der Waals surface area contributed by atoms with E-state index in [1.807, 2.05) is 74.5 Å². The Labute approximate surface area is 219 Å². The van der Waals surface area contributed by atoms with Crippen LogP contribution in [0.5, 0.6) is 0 Å². The molecule has 0 fully saturated rings. The normalized spacial score (nSPS) is 10.8. The second kappa shape index (κ2) is 10.6. The molecule has 2 nitrogen and oxygen atoms in total. The van der Waals surface area contributed by atoms with E-state index >= 15 is 0 Å². The van der Waals surface area contributed by atoms with E-state index in [0.29, 0.717) is 20.1 Å². The number of halogens is 4. The summed E-state index contributed by atoms with van der Waals surface area (Å²) >= 11 is 25.6. The van der Waals surface area contributed by atoms with Gasteiger partial charge >= 0.3 is 220 Å². The molecule has 0 amide bonds. The number of nitrogens with zero attached hydrogens (tertiary/aromatic N) is 2. The fourth-order valence-corrected chi connectivity index (χ4v) is 5.81. The topological polar surface area (TPSA) is 24.7 Å². The average molecular weight is 556 g/mol. The van der Waals surface area contributed by atoms with Gasteiger partial charge in [0.15, 0.2) is 0 Å². The predicted molar refractivity (Wildman–Crippen MR) is 137 cm³/mol. The van der Waals surface area contributed by atoms with Crippen LogP contribution in [0.1, 0.15) is 11.1 Å². The van der Waals surface area contributed by atoms with E-state index in [-0.39, 0.29) is 14.6 Å². The van der Waals surface area contributed by atoms with E-state index in [9.17, 15) is 0 Å². The van der Waals surface area contributed by atoms with Crippen molar-refractivity contribution in [3.63, 3.8) is 0 Å². The third-order valence-electron chi connectivity index (χ3n) is 5.09. The molecule has 0 unspecified atom stereocenters. The first-order valence-electron chi connectivity index (χ1n) is 9.98. The van der Waals surface area contributed by atoms with Crippen molar-refractivity contribution in [2.75, 3.05) is 0 Å². The summed E-state index contributed by atoms with van der Waals surface area (Å²) in [5.74, 6) is 0. The first kappa shape index (κ1) is 24.3. The van der Waals surface area contributed by atoms with Crippen LogP contribution in [0.2, 0.25) is 20.1 Å². The Bertz CT molecular complexity index is 1270. The van der Waals surface area contributed by atoms with Crippen LogP contribution in [-0.2, 0) is 14.6 Å². The zero-order chi connectivity index (χ0) is 23.5. The van der Waals surface area contributed by atoms with Crippen molar-refractivity contribution in [1.82, 2.24) is 0 Å². The molecule has 0 aliphatic rings. The van der Waals surface area contributed by atoms with Gasteiger partial charge in [-0.25, -0.2) is 0 Å². The molecular weight excluding hydrogens is 538 g/mol. The first-order valence-corrected chi connectivity index (χ1v) is 12.5. The van der Waals surface area contributed by atoms with Gasteiger partial charge in [-0.1, -0.05) is 0 Å². The summed E-state index contributed by atoms with van der Waals surface area (Å²) in [6.07, 6.45) is 0. The van der Waals surface area contributed by atoms with E-state index < -0.39 is 0 Å². The van der Waals surface area contributed by atoms with Gasteiger partial charge in [-0.2, -0.15) is 0 Å². The number of hydrogen-bond donors (Lipinski definition) is 0. The Morgan fingerprint density at radius 1 is 0.576 bits per heavy atom. The van der Waals surface area contributed by atoms with Crippen molar-refractivity contribution < 1.29 is 14.6 Å². The first-order chi connectivity index (χ1) is 15.8. The van der Waals surface area contributed by atoms with Crippen molar-refractivity contribution in [3.8, 4) is 22.3 Å². The minimum atomic E-state index is 0.253. The number of benzene rings is 4. The Kier molecular flexibility index (Phi) is 7.81. The van der Waals surface area contributed by atoms with E-state index in [2.05, 4.69) is 0 Å². The SMILES string of the molecule is Cc1cc(Cl)cc(Cl)c1-c1ccccc1[N]=[Fe]=[N]c1ccccc1-c1c(C)cc(Cl)cc1Cl. The van der Waals surface area contributed by atoms with Gasteiger partial charge in [-0.05, 0) is 0 Å². The van der Waals surface area contributed by atoms with Crippen LogP contribution in [0, 0.1) is 13.8 Å². The van der Waals surface area contributed by atoms with Gasteiger partial charge in [0.1, 0.15) is 0 Å². The second-order valence-corrected chi connectivity index (χ2v) is 9.82. The molecule has 0 aliphatic carbocycles. The molecule has 0 spiro atoms. The van der Waals surface area contributed by atoms with Gasteiger partial charge in [0.25, 0.3) is 0 Å². The van der Waals surface area contributed by atoms with E-state index in [4.69, 9.17) is 54.3 Å². The Morgan fingerprint density at radius 3 is 1.36 bits per heavy atom. The van der Waals surface area contributed by atoms with Crippen molar-refractivity contribution in [2.45, 2.75) is 13.8 Å². The fraction of sp³-hybridized carbons (Fsp3) is 0.0769. The predicted octanol–water partition coefficient (Wildman–Crippen LogP) is 10.7. The molecule has 0 aromatic heterocycles. The molecule has 0 radical (unpaired) electrons. The molecule has 0 bridgehead atoms. The van der Waals surface area contributed by atoms with E-state index in [1.54, 1.807) is 12.1 Å². The number of hydrogen-bond acceptors (Lipinski definition) is 2. The molecule has 0 atom stereocenters. The van der Waals surface area contributed by atoms with Crippen LogP contribution >= 0.6 is 46.4 Å². The Balaban J connectivity index is 1.79. The van der Waals surface area contributed by atoms with Crippen LogP contribution in [0.25, 0.3) is 22.3 Å². The third kappa shape index (κ3) is 5.46. The van der Waals surface area contributed by atoms with Crippen molar-refractivity contribution in [3.05, 3.63) is 104 Å². The van der Waals surface area contributed by atoms with Gasteiger partial charge in [0.05, 0.1) is 0 Å². The van der Waals surface area contributed by atoms with Gasteiger partial charge in [-0.15, -0.1) is 0 Å². The quantitative estimate of drug-likeness (QED) is 0.224. The van der Waals surface area contributed by atoms with Crippen molar-refractivity contribution in [1.29, 1.82) is 0 Å². The molecular formula is C26H18Cl4FeN2. The molecule has 0 saturated heterocycles. The summed E-state index contributed by atoms with van der Waals surface area (Å²) in [5.41, 5.74) is 7.33. The van der Waals surface area contributed by atoms with Crippen LogP contribution in [-0.4, -0.2) is 0 Å². The zero-order valence-corrected chi connectivity index (χ0v) is 21.8. The average Bonchev–Trinajstić information content (AvgIpc) is 2.74. The molecule has 0 heterocycles. The minimum absolute atomic E-state index is 0.253. The number of aryl methyl sites for hydroxylation is 2. The van der Waals surface area contributed by atoms with Crippen molar-refractivity contribution in [2.24, 2.45) is 7.92 Å². The summed E-state index contributed by atoms with van der Waals surface area (Å²) in [5, 5.41) is 2.41. The Hall–Kier alpha value is -1.84. The van der Waals surface area contributed by atoms with Crippen LogP contribution in [0.15, 0.2) is 80.7 Å². The summed E-state index contributed by atoms with van der Waals surface area (Å²) in [4.78, 5) is 0. The molecule has 4 aromatic rings. The second-order valence-electron chi connectivity index (χ2n) is 7.42. The van der Waals surface area contributed by atoms with Gasteiger partial charge < -0.3 is 0 Å². The van der Waals surface area contributed by atoms with Crippen LogP contribution in [0.4, 0.5) is 11.4 Å². The molecule has 0 aliphatic heterocycles.